The standard InChI is InChI=1S/C4H8NO4/c1-4(2-6,3-7)5(8)9/h6-7H,1-3H2. The molecule has 0 spiro atoms. The summed E-state index contributed by atoms with van der Waals surface area (Å²) < 4.78 is 0. The zero-order valence-electron chi connectivity index (χ0n) is 4.78. The Morgan fingerprint density at radius 2 is 1.89 bits per heavy atom. The first kappa shape index (κ1) is 8.32. The van der Waals surface area contributed by atoms with Gasteiger partial charge in [0.05, 0.1) is 0 Å². The molecule has 0 aromatic rings. The molecule has 0 heterocycles. The van der Waals surface area contributed by atoms with Crippen LogP contribution in [-0.2, 0) is 0 Å². The largest absolute Gasteiger partial charge is 0.389 e. The van der Waals surface area contributed by atoms with Crippen LogP contribution in [0.15, 0.2) is 0 Å². The summed E-state index contributed by atoms with van der Waals surface area (Å²) in [5, 5.41) is 26.5. The minimum atomic E-state index is -1.83. The van der Waals surface area contributed by atoms with Crippen molar-refractivity contribution >= 4 is 0 Å². The average Bonchev–Trinajstić information content (AvgIpc) is 1.86. The third-order valence-electron chi connectivity index (χ3n) is 0.976. The van der Waals surface area contributed by atoms with Gasteiger partial charge in [0.15, 0.2) is 0 Å². The molecule has 53 valence electrons. The van der Waals surface area contributed by atoms with E-state index in [9.17, 15) is 10.1 Å². The summed E-state index contributed by atoms with van der Waals surface area (Å²) in [7, 11) is 0. The van der Waals surface area contributed by atoms with E-state index in [2.05, 4.69) is 6.92 Å². The number of hydrogen-bond acceptors (Lipinski definition) is 4. The van der Waals surface area contributed by atoms with E-state index in [0.717, 1.165) is 0 Å². The maximum Gasteiger partial charge on any atom is 0.267 e. The van der Waals surface area contributed by atoms with Crippen LogP contribution >= 0.6 is 0 Å². The van der Waals surface area contributed by atoms with Gasteiger partial charge in [0.25, 0.3) is 5.54 Å². The van der Waals surface area contributed by atoms with Gasteiger partial charge in [0.2, 0.25) is 0 Å². The van der Waals surface area contributed by atoms with Crippen LogP contribution in [0.2, 0.25) is 0 Å². The number of aliphatic hydroxyl groups is 2. The van der Waals surface area contributed by atoms with E-state index in [1.165, 1.54) is 0 Å². The van der Waals surface area contributed by atoms with E-state index in [0.29, 0.717) is 0 Å². The monoisotopic (exact) mass is 134 g/mol. The lowest BCUT2D eigenvalue weighted by atomic mass is 10.1. The Balaban J connectivity index is 4.09. The smallest absolute Gasteiger partial charge is 0.267 e. The first-order valence-electron chi connectivity index (χ1n) is 2.28. The lowest BCUT2D eigenvalue weighted by Crippen LogP contribution is -2.42. The molecule has 0 aliphatic carbocycles. The van der Waals surface area contributed by atoms with Crippen molar-refractivity contribution in [3.05, 3.63) is 17.0 Å². The van der Waals surface area contributed by atoms with Crippen molar-refractivity contribution < 1.29 is 15.1 Å². The third kappa shape index (κ3) is 1.62. The minimum absolute atomic E-state index is 0.753. The minimum Gasteiger partial charge on any atom is -0.389 e. The van der Waals surface area contributed by atoms with Gasteiger partial charge < -0.3 is 10.2 Å². The summed E-state index contributed by atoms with van der Waals surface area (Å²) in [4.78, 5) is 9.09. The van der Waals surface area contributed by atoms with Gasteiger partial charge in [-0.1, -0.05) is 0 Å². The molecule has 5 nitrogen and oxygen atoms in total. The van der Waals surface area contributed by atoms with E-state index < -0.39 is 23.7 Å². The molecule has 0 saturated carbocycles. The normalized spacial score (nSPS) is 11.4. The Morgan fingerprint density at radius 1 is 1.56 bits per heavy atom. The molecule has 5 heteroatoms. The Bertz CT molecular complexity index is 109. The molecule has 2 N–H and O–H groups in total. The molecule has 0 aliphatic rings. The lowest BCUT2D eigenvalue weighted by Gasteiger charge is -2.13. The van der Waals surface area contributed by atoms with E-state index in [4.69, 9.17) is 10.2 Å². The molecule has 0 rings (SSSR count). The van der Waals surface area contributed by atoms with Crippen LogP contribution in [0.25, 0.3) is 0 Å². The number of hydrogen-bond donors (Lipinski definition) is 2. The first-order valence-corrected chi connectivity index (χ1v) is 2.28. The van der Waals surface area contributed by atoms with E-state index in [1.54, 1.807) is 0 Å². The Morgan fingerprint density at radius 3 is 1.89 bits per heavy atom. The molecule has 9 heavy (non-hydrogen) atoms. The van der Waals surface area contributed by atoms with E-state index in [-0.39, 0.29) is 0 Å². The molecular formula is C4H8NO4. The summed E-state index contributed by atoms with van der Waals surface area (Å²) in [5.41, 5.74) is -1.83. The van der Waals surface area contributed by atoms with Crippen molar-refractivity contribution in [1.29, 1.82) is 0 Å². The van der Waals surface area contributed by atoms with Crippen LogP contribution in [0.3, 0.4) is 0 Å². The molecule has 0 atom stereocenters. The second-order valence-electron chi connectivity index (χ2n) is 1.80. The van der Waals surface area contributed by atoms with Gasteiger partial charge >= 0.3 is 0 Å². The maximum absolute atomic E-state index is 9.91. The Kier molecular flexibility index (Phi) is 2.54. The number of rotatable bonds is 3. The van der Waals surface area contributed by atoms with Crippen LogP contribution in [-0.4, -0.2) is 33.9 Å². The molecule has 0 aromatic heterocycles. The van der Waals surface area contributed by atoms with E-state index >= 15 is 0 Å². The fourth-order valence-electron chi connectivity index (χ4n) is 0.165. The zero-order chi connectivity index (χ0) is 7.49. The van der Waals surface area contributed by atoms with Gasteiger partial charge in [0, 0.05) is 11.8 Å². The van der Waals surface area contributed by atoms with Gasteiger partial charge in [-0.3, -0.25) is 10.1 Å². The second-order valence-corrected chi connectivity index (χ2v) is 1.80. The van der Waals surface area contributed by atoms with Crippen LogP contribution in [0.1, 0.15) is 0 Å². The highest BCUT2D eigenvalue weighted by molar-refractivity contribution is 4.79. The summed E-state index contributed by atoms with van der Waals surface area (Å²) in [6.45, 7) is 1.50. The molecule has 0 unspecified atom stereocenters. The van der Waals surface area contributed by atoms with Crippen molar-refractivity contribution in [1.82, 2.24) is 0 Å². The molecule has 0 bridgehead atoms. The van der Waals surface area contributed by atoms with Crippen LogP contribution in [0.4, 0.5) is 0 Å². The topological polar surface area (TPSA) is 83.6 Å². The van der Waals surface area contributed by atoms with Gasteiger partial charge in [-0.05, 0) is 0 Å². The number of nitro groups is 1. The molecule has 0 aromatic carbocycles. The Labute approximate surface area is 52.1 Å². The first-order chi connectivity index (χ1) is 4.06. The van der Waals surface area contributed by atoms with Gasteiger partial charge in [-0.15, -0.1) is 0 Å². The molecule has 0 saturated heterocycles. The average molecular weight is 134 g/mol. The molecule has 0 amide bonds. The predicted molar refractivity (Wildman–Crippen MR) is 29.3 cm³/mol. The highest BCUT2D eigenvalue weighted by Gasteiger charge is 2.35. The summed E-state index contributed by atoms with van der Waals surface area (Å²) in [6.07, 6.45) is 0. The van der Waals surface area contributed by atoms with Crippen LogP contribution < -0.4 is 0 Å². The predicted octanol–water partition coefficient (Wildman–Crippen LogP) is -1.18. The van der Waals surface area contributed by atoms with Gasteiger partial charge in [0.1, 0.15) is 13.2 Å². The van der Waals surface area contributed by atoms with Crippen molar-refractivity contribution in [2.24, 2.45) is 0 Å². The summed E-state index contributed by atoms with van der Waals surface area (Å²) in [5.74, 6) is 0. The van der Waals surface area contributed by atoms with Gasteiger partial charge in [-0.2, -0.15) is 0 Å². The SMILES string of the molecule is [CH2]C(CO)(CO)[N+](=O)[O-]. The van der Waals surface area contributed by atoms with Gasteiger partial charge in [-0.25, -0.2) is 0 Å². The third-order valence-corrected chi connectivity index (χ3v) is 0.976. The Hall–Kier alpha value is -0.680. The number of nitrogens with zero attached hydrogens (tertiary/aromatic N) is 1. The van der Waals surface area contributed by atoms with Crippen molar-refractivity contribution in [2.45, 2.75) is 5.54 Å². The van der Waals surface area contributed by atoms with E-state index in [1.807, 2.05) is 0 Å². The summed E-state index contributed by atoms with van der Waals surface area (Å²) in [6, 6.07) is 0. The maximum atomic E-state index is 9.91. The molecular weight excluding hydrogens is 126 g/mol. The molecule has 0 aliphatic heterocycles. The van der Waals surface area contributed by atoms with Crippen molar-refractivity contribution in [3.63, 3.8) is 0 Å². The van der Waals surface area contributed by atoms with Crippen molar-refractivity contribution in [3.8, 4) is 0 Å². The molecule has 1 radical (unpaired) electrons. The van der Waals surface area contributed by atoms with Crippen molar-refractivity contribution in [2.75, 3.05) is 13.2 Å². The second kappa shape index (κ2) is 2.75. The zero-order valence-corrected chi connectivity index (χ0v) is 4.78. The van der Waals surface area contributed by atoms with Crippen LogP contribution in [0, 0.1) is 17.0 Å². The lowest BCUT2D eigenvalue weighted by molar-refractivity contribution is -0.563. The summed E-state index contributed by atoms with van der Waals surface area (Å²) >= 11 is 0. The fourth-order valence-corrected chi connectivity index (χ4v) is 0.165. The van der Waals surface area contributed by atoms with Crippen LogP contribution in [0.5, 0.6) is 0 Å². The number of aliphatic hydroxyl groups excluding tert-OH is 2. The highest BCUT2D eigenvalue weighted by Crippen LogP contribution is 2.04. The highest BCUT2D eigenvalue weighted by atomic mass is 16.6. The molecule has 0 fully saturated rings. The quantitative estimate of drug-likeness (QED) is 0.376. The fraction of sp³-hybridized carbons (Fsp3) is 0.750.